The molecule has 1 fully saturated rings. The highest BCUT2D eigenvalue weighted by Crippen LogP contribution is 2.14. The molecule has 1 atom stereocenters. The number of carbonyl (C=O) groups excluding carboxylic acids is 1. The fourth-order valence-corrected chi connectivity index (χ4v) is 1.82. The zero-order valence-corrected chi connectivity index (χ0v) is 11.0. The molecule has 0 saturated carbocycles. The number of nitrogens with one attached hydrogen (secondary N) is 1. The van der Waals surface area contributed by atoms with Crippen LogP contribution < -0.4 is 14.8 Å². The molecule has 1 N–H and O–H groups in total. The topological polar surface area (TPSA) is 82.6 Å². The standard InChI is InChI=1S/C12H17N3O4/c1-17-10-6-9(14-12(15-10)18-2)11(16)13-7-8-4-3-5-19-8/h6,8H,3-5,7H2,1-2H3,(H,13,16). The van der Waals surface area contributed by atoms with Crippen LogP contribution in [0.25, 0.3) is 0 Å². The minimum absolute atomic E-state index is 0.0922. The monoisotopic (exact) mass is 267 g/mol. The molecule has 104 valence electrons. The van der Waals surface area contributed by atoms with E-state index in [1.807, 2.05) is 0 Å². The third-order valence-electron chi connectivity index (χ3n) is 2.82. The quantitative estimate of drug-likeness (QED) is 0.831. The van der Waals surface area contributed by atoms with Crippen molar-refractivity contribution in [2.24, 2.45) is 0 Å². The van der Waals surface area contributed by atoms with E-state index >= 15 is 0 Å². The molecule has 19 heavy (non-hydrogen) atoms. The van der Waals surface area contributed by atoms with E-state index in [1.54, 1.807) is 0 Å². The number of hydrogen-bond acceptors (Lipinski definition) is 6. The van der Waals surface area contributed by atoms with Crippen LogP contribution in [-0.4, -0.2) is 49.4 Å². The van der Waals surface area contributed by atoms with Gasteiger partial charge in [0.05, 0.1) is 20.3 Å². The second-order valence-corrected chi connectivity index (χ2v) is 4.13. The lowest BCUT2D eigenvalue weighted by molar-refractivity contribution is 0.0852. The van der Waals surface area contributed by atoms with Gasteiger partial charge in [-0.25, -0.2) is 0 Å². The molecule has 7 heteroatoms. The lowest BCUT2D eigenvalue weighted by Gasteiger charge is -2.11. The van der Waals surface area contributed by atoms with E-state index < -0.39 is 0 Å². The first-order valence-electron chi connectivity index (χ1n) is 6.10. The minimum atomic E-state index is -0.297. The van der Waals surface area contributed by atoms with Crippen molar-refractivity contribution in [2.45, 2.75) is 18.9 Å². The maximum Gasteiger partial charge on any atom is 0.320 e. The van der Waals surface area contributed by atoms with E-state index in [0.717, 1.165) is 19.4 Å². The number of methoxy groups -OCH3 is 2. The van der Waals surface area contributed by atoms with Crippen LogP contribution in [0.15, 0.2) is 6.07 Å². The summed E-state index contributed by atoms with van der Waals surface area (Å²) in [5.74, 6) is -0.0105. The number of amides is 1. The lowest BCUT2D eigenvalue weighted by Crippen LogP contribution is -2.32. The minimum Gasteiger partial charge on any atom is -0.481 e. The molecule has 1 aromatic rings. The molecule has 1 aromatic heterocycles. The number of ether oxygens (including phenoxy) is 3. The number of hydrogen-bond donors (Lipinski definition) is 1. The summed E-state index contributed by atoms with van der Waals surface area (Å²) >= 11 is 0. The van der Waals surface area contributed by atoms with Gasteiger partial charge < -0.3 is 19.5 Å². The third kappa shape index (κ3) is 3.54. The van der Waals surface area contributed by atoms with Crippen molar-refractivity contribution in [3.8, 4) is 11.9 Å². The van der Waals surface area contributed by atoms with Crippen LogP contribution in [0, 0.1) is 0 Å². The molecule has 0 spiro atoms. The second-order valence-electron chi connectivity index (χ2n) is 4.13. The van der Waals surface area contributed by atoms with Gasteiger partial charge in [-0.3, -0.25) is 4.79 Å². The average Bonchev–Trinajstić information content (AvgIpc) is 2.97. The van der Waals surface area contributed by atoms with Gasteiger partial charge in [0.1, 0.15) is 5.69 Å². The van der Waals surface area contributed by atoms with Crippen molar-refractivity contribution in [2.75, 3.05) is 27.4 Å². The molecule has 0 bridgehead atoms. The third-order valence-corrected chi connectivity index (χ3v) is 2.82. The summed E-state index contributed by atoms with van der Waals surface area (Å²) in [6.07, 6.45) is 2.10. The molecule has 1 aliphatic rings. The summed E-state index contributed by atoms with van der Waals surface area (Å²) < 4.78 is 15.3. The maximum atomic E-state index is 12.0. The molecule has 0 radical (unpaired) electrons. The fraction of sp³-hybridized carbons (Fsp3) is 0.583. The van der Waals surface area contributed by atoms with Crippen LogP contribution in [0.5, 0.6) is 11.9 Å². The van der Waals surface area contributed by atoms with Crippen molar-refractivity contribution >= 4 is 5.91 Å². The number of nitrogens with zero attached hydrogens (tertiary/aromatic N) is 2. The number of aromatic nitrogens is 2. The van der Waals surface area contributed by atoms with Gasteiger partial charge in [0.2, 0.25) is 5.88 Å². The highest BCUT2D eigenvalue weighted by molar-refractivity contribution is 5.92. The van der Waals surface area contributed by atoms with Gasteiger partial charge in [0.25, 0.3) is 5.91 Å². The van der Waals surface area contributed by atoms with Gasteiger partial charge in [-0.05, 0) is 12.8 Å². The lowest BCUT2D eigenvalue weighted by atomic mass is 10.2. The van der Waals surface area contributed by atoms with Crippen LogP contribution in [0.4, 0.5) is 0 Å². The first-order valence-corrected chi connectivity index (χ1v) is 6.10. The van der Waals surface area contributed by atoms with Gasteiger partial charge in [0, 0.05) is 19.2 Å². The molecular weight excluding hydrogens is 250 g/mol. The largest absolute Gasteiger partial charge is 0.481 e. The van der Waals surface area contributed by atoms with Gasteiger partial charge >= 0.3 is 6.01 Å². The van der Waals surface area contributed by atoms with Crippen LogP contribution in [0.1, 0.15) is 23.3 Å². The molecule has 2 rings (SSSR count). The van der Waals surface area contributed by atoms with Crippen molar-refractivity contribution in [3.05, 3.63) is 11.8 Å². The highest BCUT2D eigenvalue weighted by atomic mass is 16.5. The normalized spacial score (nSPS) is 18.1. The van der Waals surface area contributed by atoms with E-state index in [2.05, 4.69) is 15.3 Å². The first-order chi connectivity index (χ1) is 9.22. The summed E-state index contributed by atoms with van der Waals surface area (Å²) in [5.41, 5.74) is 0.210. The Kier molecular flexibility index (Phi) is 4.51. The second kappa shape index (κ2) is 6.33. The summed E-state index contributed by atoms with van der Waals surface area (Å²) in [5, 5.41) is 2.78. The SMILES string of the molecule is COc1cc(C(=O)NCC2CCCO2)nc(OC)n1. The Bertz CT molecular complexity index is 424. The Morgan fingerprint density at radius 3 is 2.95 bits per heavy atom. The fourth-order valence-electron chi connectivity index (χ4n) is 1.82. The molecule has 0 aromatic carbocycles. The van der Waals surface area contributed by atoms with Gasteiger partial charge in [-0.2, -0.15) is 9.97 Å². The van der Waals surface area contributed by atoms with Crippen molar-refractivity contribution in [1.82, 2.24) is 15.3 Å². The molecule has 1 amide bonds. The van der Waals surface area contributed by atoms with Crippen LogP contribution >= 0.6 is 0 Å². The Morgan fingerprint density at radius 1 is 1.47 bits per heavy atom. The molecule has 1 saturated heterocycles. The summed E-state index contributed by atoms with van der Waals surface area (Å²) in [4.78, 5) is 19.9. The van der Waals surface area contributed by atoms with E-state index in [0.29, 0.717) is 6.54 Å². The summed E-state index contributed by atoms with van der Waals surface area (Å²) in [6, 6.07) is 1.56. The van der Waals surface area contributed by atoms with E-state index in [9.17, 15) is 4.79 Å². The molecule has 2 heterocycles. The van der Waals surface area contributed by atoms with Crippen LogP contribution in [0.2, 0.25) is 0 Å². The van der Waals surface area contributed by atoms with Gasteiger partial charge in [-0.15, -0.1) is 0 Å². The predicted molar refractivity (Wildman–Crippen MR) is 66.4 cm³/mol. The van der Waals surface area contributed by atoms with Crippen molar-refractivity contribution < 1.29 is 19.0 Å². The average molecular weight is 267 g/mol. The van der Waals surface area contributed by atoms with Crippen LogP contribution in [0.3, 0.4) is 0 Å². The Morgan fingerprint density at radius 2 is 2.32 bits per heavy atom. The predicted octanol–water partition coefficient (Wildman–Crippen LogP) is 0.403. The molecule has 0 aliphatic carbocycles. The Balaban J connectivity index is 2.00. The Labute approximate surface area is 111 Å². The first kappa shape index (κ1) is 13.5. The van der Waals surface area contributed by atoms with Crippen molar-refractivity contribution in [3.63, 3.8) is 0 Å². The van der Waals surface area contributed by atoms with Gasteiger partial charge in [-0.1, -0.05) is 0 Å². The van der Waals surface area contributed by atoms with Gasteiger partial charge in [0.15, 0.2) is 0 Å². The van der Waals surface area contributed by atoms with Crippen molar-refractivity contribution in [1.29, 1.82) is 0 Å². The zero-order valence-electron chi connectivity index (χ0n) is 11.0. The van der Waals surface area contributed by atoms with E-state index in [1.165, 1.54) is 20.3 Å². The summed E-state index contributed by atoms with van der Waals surface area (Å²) in [7, 11) is 2.90. The molecule has 1 aliphatic heterocycles. The molecule has 7 nitrogen and oxygen atoms in total. The van der Waals surface area contributed by atoms with E-state index in [-0.39, 0.29) is 29.6 Å². The zero-order chi connectivity index (χ0) is 13.7. The Hall–Kier alpha value is -1.89. The van der Waals surface area contributed by atoms with Crippen LogP contribution in [-0.2, 0) is 4.74 Å². The van der Waals surface area contributed by atoms with E-state index in [4.69, 9.17) is 14.2 Å². The molecular formula is C12H17N3O4. The smallest absolute Gasteiger partial charge is 0.320 e. The summed E-state index contributed by atoms with van der Waals surface area (Å²) in [6.45, 7) is 1.24. The molecule has 1 unspecified atom stereocenters. The number of rotatable bonds is 5. The number of carbonyl (C=O) groups is 1. The highest BCUT2D eigenvalue weighted by Gasteiger charge is 2.18. The maximum absolute atomic E-state index is 12.0.